The molecule has 18 heavy (non-hydrogen) atoms. The summed E-state index contributed by atoms with van der Waals surface area (Å²) < 4.78 is 4.92. The predicted molar refractivity (Wildman–Crippen MR) is 69.1 cm³/mol. The fourth-order valence-electron chi connectivity index (χ4n) is 1.42. The van der Waals surface area contributed by atoms with Gasteiger partial charge in [-0.05, 0) is 12.5 Å². The second-order valence-corrected chi connectivity index (χ2v) is 4.13. The monoisotopic (exact) mass is 274 g/mol. The van der Waals surface area contributed by atoms with Crippen LogP contribution in [0.1, 0.15) is 6.42 Å². The summed E-state index contributed by atoms with van der Waals surface area (Å²) in [5.74, 6) is 0. The number of nitro benzene ring substituents is 1. The van der Waals surface area contributed by atoms with Gasteiger partial charge in [0, 0.05) is 25.8 Å². The Labute approximate surface area is 110 Å². The number of hydrogen-bond donors (Lipinski definition) is 2. The van der Waals surface area contributed by atoms with Gasteiger partial charge in [0.05, 0.1) is 28.3 Å². The molecule has 1 atom stereocenters. The minimum absolute atomic E-state index is 0.0667. The zero-order valence-electron chi connectivity index (χ0n) is 9.93. The van der Waals surface area contributed by atoms with Gasteiger partial charge in [-0.15, -0.1) is 0 Å². The number of nitro groups is 1. The average Bonchev–Trinajstić information content (AvgIpc) is 2.35. The maximum absolute atomic E-state index is 10.6. The largest absolute Gasteiger partial charge is 0.394 e. The van der Waals surface area contributed by atoms with E-state index in [2.05, 4.69) is 5.32 Å². The number of aliphatic hydroxyl groups is 1. The molecule has 100 valence electrons. The first-order valence-corrected chi connectivity index (χ1v) is 5.76. The molecule has 1 aromatic rings. The quantitative estimate of drug-likeness (QED) is 0.587. The number of ether oxygens (including phenoxy) is 1. The third kappa shape index (κ3) is 4.14. The first-order valence-electron chi connectivity index (χ1n) is 5.38. The molecule has 0 bridgehead atoms. The second kappa shape index (κ2) is 7.15. The highest BCUT2D eigenvalue weighted by atomic mass is 35.5. The van der Waals surface area contributed by atoms with Gasteiger partial charge in [0.15, 0.2) is 0 Å². The van der Waals surface area contributed by atoms with E-state index in [1.807, 2.05) is 0 Å². The van der Waals surface area contributed by atoms with E-state index in [9.17, 15) is 15.2 Å². The number of aliphatic hydroxyl groups excluding tert-OH is 1. The number of anilines is 1. The van der Waals surface area contributed by atoms with Gasteiger partial charge < -0.3 is 15.2 Å². The van der Waals surface area contributed by atoms with E-state index in [1.165, 1.54) is 18.2 Å². The topological polar surface area (TPSA) is 84.6 Å². The molecular formula is C11H15ClN2O4. The molecule has 6 nitrogen and oxygen atoms in total. The van der Waals surface area contributed by atoms with Crippen molar-refractivity contribution in [1.82, 2.24) is 0 Å². The normalized spacial score (nSPS) is 12.2. The number of rotatable bonds is 7. The second-order valence-electron chi connectivity index (χ2n) is 3.73. The SMILES string of the molecule is COCCC(CO)Nc1ccc([N+](=O)[O-])cc1Cl. The van der Waals surface area contributed by atoms with Gasteiger partial charge in [-0.3, -0.25) is 10.1 Å². The summed E-state index contributed by atoms with van der Waals surface area (Å²) in [7, 11) is 1.58. The molecule has 0 aliphatic rings. The molecule has 0 aliphatic carbocycles. The number of benzene rings is 1. The van der Waals surface area contributed by atoms with Crippen molar-refractivity contribution < 1.29 is 14.8 Å². The molecule has 1 aromatic carbocycles. The summed E-state index contributed by atoms with van der Waals surface area (Å²) in [5, 5.41) is 23.0. The molecule has 0 saturated heterocycles. The van der Waals surface area contributed by atoms with E-state index in [4.69, 9.17) is 16.3 Å². The lowest BCUT2D eigenvalue weighted by Crippen LogP contribution is -2.25. The van der Waals surface area contributed by atoms with Crippen LogP contribution in [-0.2, 0) is 4.74 Å². The predicted octanol–water partition coefficient (Wildman–Crippen LogP) is 2.06. The fourth-order valence-corrected chi connectivity index (χ4v) is 1.65. The molecule has 0 radical (unpaired) electrons. The van der Waals surface area contributed by atoms with Crippen LogP contribution in [0.25, 0.3) is 0 Å². The molecule has 0 fully saturated rings. The van der Waals surface area contributed by atoms with Crippen molar-refractivity contribution in [2.45, 2.75) is 12.5 Å². The average molecular weight is 275 g/mol. The van der Waals surface area contributed by atoms with Crippen molar-refractivity contribution in [1.29, 1.82) is 0 Å². The van der Waals surface area contributed by atoms with Gasteiger partial charge in [0.2, 0.25) is 0 Å². The summed E-state index contributed by atoms with van der Waals surface area (Å²) >= 11 is 5.93. The molecule has 2 N–H and O–H groups in total. The first kappa shape index (κ1) is 14.7. The zero-order chi connectivity index (χ0) is 13.5. The number of halogens is 1. The lowest BCUT2D eigenvalue weighted by Gasteiger charge is -2.17. The summed E-state index contributed by atoms with van der Waals surface area (Å²) in [6.45, 7) is 0.430. The molecule has 0 amide bonds. The fraction of sp³-hybridized carbons (Fsp3) is 0.455. The summed E-state index contributed by atoms with van der Waals surface area (Å²) in [6.07, 6.45) is 0.611. The first-order chi connectivity index (χ1) is 8.58. The molecule has 0 spiro atoms. The van der Waals surface area contributed by atoms with Gasteiger partial charge >= 0.3 is 0 Å². The van der Waals surface area contributed by atoms with Crippen LogP contribution in [0.4, 0.5) is 11.4 Å². The Kier molecular flexibility index (Phi) is 5.84. The number of non-ortho nitro benzene ring substituents is 1. The van der Waals surface area contributed by atoms with Crippen LogP contribution in [-0.4, -0.2) is 36.4 Å². The van der Waals surface area contributed by atoms with Gasteiger partial charge in [-0.25, -0.2) is 0 Å². The minimum Gasteiger partial charge on any atom is -0.394 e. The Morgan fingerprint density at radius 1 is 1.61 bits per heavy atom. The van der Waals surface area contributed by atoms with Crippen molar-refractivity contribution >= 4 is 23.0 Å². The van der Waals surface area contributed by atoms with Crippen molar-refractivity contribution in [3.05, 3.63) is 33.3 Å². The third-order valence-corrected chi connectivity index (χ3v) is 2.73. The van der Waals surface area contributed by atoms with Crippen LogP contribution in [0, 0.1) is 10.1 Å². The van der Waals surface area contributed by atoms with Crippen LogP contribution in [0.5, 0.6) is 0 Å². The minimum atomic E-state index is -0.510. The van der Waals surface area contributed by atoms with Crippen molar-refractivity contribution in [3.8, 4) is 0 Å². The van der Waals surface area contributed by atoms with Crippen LogP contribution >= 0.6 is 11.6 Å². The highest BCUT2D eigenvalue weighted by Gasteiger charge is 2.12. The highest BCUT2D eigenvalue weighted by molar-refractivity contribution is 6.33. The van der Waals surface area contributed by atoms with E-state index >= 15 is 0 Å². The van der Waals surface area contributed by atoms with E-state index < -0.39 is 4.92 Å². The zero-order valence-corrected chi connectivity index (χ0v) is 10.7. The van der Waals surface area contributed by atoms with Gasteiger partial charge in [0.25, 0.3) is 5.69 Å². The van der Waals surface area contributed by atoms with Crippen LogP contribution in [0.2, 0.25) is 5.02 Å². The van der Waals surface area contributed by atoms with Crippen LogP contribution in [0.15, 0.2) is 18.2 Å². The van der Waals surface area contributed by atoms with Crippen molar-refractivity contribution in [2.75, 3.05) is 25.6 Å². The van der Waals surface area contributed by atoms with Gasteiger partial charge in [-0.1, -0.05) is 11.6 Å². The highest BCUT2D eigenvalue weighted by Crippen LogP contribution is 2.27. The molecule has 0 heterocycles. The molecule has 0 aromatic heterocycles. The Morgan fingerprint density at radius 2 is 2.33 bits per heavy atom. The summed E-state index contributed by atoms with van der Waals surface area (Å²) in [4.78, 5) is 10.0. The third-order valence-electron chi connectivity index (χ3n) is 2.41. The van der Waals surface area contributed by atoms with Crippen molar-refractivity contribution in [3.63, 3.8) is 0 Å². The Balaban J connectivity index is 2.74. The summed E-state index contributed by atoms with van der Waals surface area (Å²) in [6, 6.07) is 3.95. The molecule has 0 saturated carbocycles. The van der Waals surface area contributed by atoms with Crippen molar-refractivity contribution in [2.24, 2.45) is 0 Å². The molecule has 1 unspecified atom stereocenters. The molecule has 7 heteroatoms. The number of nitrogens with zero attached hydrogens (tertiary/aromatic N) is 1. The number of nitrogens with one attached hydrogen (secondary N) is 1. The Morgan fingerprint density at radius 3 is 2.83 bits per heavy atom. The summed E-state index contributed by atoms with van der Waals surface area (Å²) in [5.41, 5.74) is 0.486. The maximum atomic E-state index is 10.6. The van der Waals surface area contributed by atoms with Crippen LogP contribution in [0.3, 0.4) is 0 Å². The number of methoxy groups -OCH3 is 1. The van der Waals surface area contributed by atoms with E-state index in [0.29, 0.717) is 18.7 Å². The smallest absolute Gasteiger partial charge is 0.271 e. The van der Waals surface area contributed by atoms with Gasteiger partial charge in [0.1, 0.15) is 0 Å². The van der Waals surface area contributed by atoms with Gasteiger partial charge in [-0.2, -0.15) is 0 Å². The van der Waals surface area contributed by atoms with Crippen LogP contribution < -0.4 is 5.32 Å². The van der Waals surface area contributed by atoms with E-state index in [0.717, 1.165) is 0 Å². The molecule has 1 rings (SSSR count). The number of hydrogen-bond acceptors (Lipinski definition) is 5. The molecule has 0 aliphatic heterocycles. The van der Waals surface area contributed by atoms with E-state index in [-0.39, 0.29) is 23.4 Å². The molecular weight excluding hydrogens is 260 g/mol. The lowest BCUT2D eigenvalue weighted by atomic mass is 10.2. The Bertz CT molecular complexity index is 414. The van der Waals surface area contributed by atoms with E-state index in [1.54, 1.807) is 7.11 Å². The maximum Gasteiger partial charge on any atom is 0.271 e. The lowest BCUT2D eigenvalue weighted by molar-refractivity contribution is -0.384. The Hall–Kier alpha value is -1.37. The standard InChI is InChI=1S/C11H15ClN2O4/c1-18-5-4-8(7-15)13-11-3-2-9(14(16)17)6-10(11)12/h2-3,6,8,13,15H,4-5,7H2,1H3.